The fraction of sp³-hybridized carbons (Fsp3) is 0.571. The Hall–Kier alpha value is -1.02. The largest absolute Gasteiger partial charge is 0.493 e. The van der Waals surface area contributed by atoms with E-state index in [0.717, 1.165) is 30.8 Å². The molecule has 0 amide bonds. The maximum absolute atomic E-state index is 10.6. The molecular weight excluding hydrogens is 200 g/mol. The lowest BCUT2D eigenvalue weighted by Gasteiger charge is -2.25. The van der Waals surface area contributed by atoms with Crippen LogP contribution in [0.3, 0.4) is 0 Å². The SMILES string of the molecule is CC(O)(CC1CC1)c1cccc2c1OCC2. The lowest BCUT2D eigenvalue weighted by molar-refractivity contribution is 0.0392. The first kappa shape index (κ1) is 10.2. The molecule has 1 N–H and O–H groups in total. The number of hydrogen-bond donors (Lipinski definition) is 1. The molecule has 1 saturated carbocycles. The molecule has 1 fully saturated rings. The number of ether oxygens (including phenoxy) is 1. The highest BCUT2D eigenvalue weighted by Crippen LogP contribution is 2.44. The van der Waals surface area contributed by atoms with Crippen LogP contribution < -0.4 is 4.74 Å². The number of benzene rings is 1. The molecule has 0 radical (unpaired) electrons. The zero-order valence-corrected chi connectivity index (χ0v) is 9.70. The van der Waals surface area contributed by atoms with E-state index in [2.05, 4.69) is 6.07 Å². The number of aliphatic hydroxyl groups is 1. The predicted octanol–water partition coefficient (Wildman–Crippen LogP) is 2.63. The molecule has 2 heteroatoms. The van der Waals surface area contributed by atoms with Gasteiger partial charge in [0.15, 0.2) is 0 Å². The van der Waals surface area contributed by atoms with Crippen molar-refractivity contribution in [2.45, 2.75) is 38.2 Å². The maximum atomic E-state index is 10.6. The molecule has 3 rings (SSSR count). The first-order chi connectivity index (χ1) is 7.67. The van der Waals surface area contributed by atoms with Gasteiger partial charge in [-0.25, -0.2) is 0 Å². The highest BCUT2D eigenvalue weighted by Gasteiger charge is 2.36. The molecule has 0 saturated heterocycles. The zero-order valence-electron chi connectivity index (χ0n) is 9.70. The average Bonchev–Trinajstić information content (AvgIpc) is 2.92. The van der Waals surface area contributed by atoms with Crippen LogP contribution in [-0.4, -0.2) is 11.7 Å². The Balaban J connectivity index is 1.95. The van der Waals surface area contributed by atoms with Crippen LogP contribution in [-0.2, 0) is 12.0 Å². The average molecular weight is 218 g/mol. The van der Waals surface area contributed by atoms with E-state index in [9.17, 15) is 5.11 Å². The number of rotatable bonds is 3. The molecule has 1 heterocycles. The topological polar surface area (TPSA) is 29.5 Å². The van der Waals surface area contributed by atoms with Crippen molar-refractivity contribution in [3.05, 3.63) is 29.3 Å². The number of hydrogen-bond acceptors (Lipinski definition) is 2. The molecule has 86 valence electrons. The highest BCUT2D eigenvalue weighted by atomic mass is 16.5. The Morgan fingerprint density at radius 2 is 2.25 bits per heavy atom. The summed E-state index contributed by atoms with van der Waals surface area (Å²) in [5.74, 6) is 1.65. The van der Waals surface area contributed by atoms with E-state index in [1.807, 2.05) is 19.1 Å². The molecule has 2 nitrogen and oxygen atoms in total. The van der Waals surface area contributed by atoms with Gasteiger partial charge in [-0.05, 0) is 24.8 Å². The second kappa shape index (κ2) is 3.49. The van der Waals surface area contributed by atoms with Crippen molar-refractivity contribution in [2.24, 2.45) is 5.92 Å². The summed E-state index contributed by atoms with van der Waals surface area (Å²) in [5, 5.41) is 10.6. The minimum Gasteiger partial charge on any atom is -0.493 e. The van der Waals surface area contributed by atoms with Crippen molar-refractivity contribution in [3.63, 3.8) is 0 Å². The zero-order chi connectivity index (χ0) is 11.2. The number of fused-ring (bicyclic) bond motifs is 1. The number of para-hydroxylation sites is 1. The monoisotopic (exact) mass is 218 g/mol. The van der Waals surface area contributed by atoms with Gasteiger partial charge in [0, 0.05) is 12.0 Å². The van der Waals surface area contributed by atoms with Crippen LogP contribution in [0.15, 0.2) is 18.2 Å². The molecular formula is C14H18O2. The van der Waals surface area contributed by atoms with Crippen LogP contribution in [0, 0.1) is 5.92 Å². The first-order valence-electron chi connectivity index (χ1n) is 6.14. The Morgan fingerprint density at radius 3 is 3.00 bits per heavy atom. The Morgan fingerprint density at radius 1 is 1.44 bits per heavy atom. The van der Waals surface area contributed by atoms with Crippen LogP contribution in [0.4, 0.5) is 0 Å². The van der Waals surface area contributed by atoms with Crippen molar-refractivity contribution in [3.8, 4) is 5.75 Å². The molecule has 0 spiro atoms. The van der Waals surface area contributed by atoms with E-state index in [4.69, 9.17) is 4.74 Å². The fourth-order valence-electron chi connectivity index (χ4n) is 2.63. The van der Waals surface area contributed by atoms with Gasteiger partial charge in [-0.15, -0.1) is 0 Å². The van der Waals surface area contributed by atoms with Crippen LogP contribution in [0.25, 0.3) is 0 Å². The molecule has 16 heavy (non-hydrogen) atoms. The van der Waals surface area contributed by atoms with E-state index < -0.39 is 5.60 Å². The van der Waals surface area contributed by atoms with Crippen LogP contribution in [0.2, 0.25) is 0 Å². The van der Waals surface area contributed by atoms with Crippen molar-refractivity contribution in [1.82, 2.24) is 0 Å². The van der Waals surface area contributed by atoms with Gasteiger partial charge in [-0.3, -0.25) is 0 Å². The van der Waals surface area contributed by atoms with E-state index >= 15 is 0 Å². The third-order valence-electron chi connectivity index (χ3n) is 3.68. The van der Waals surface area contributed by atoms with E-state index in [1.165, 1.54) is 18.4 Å². The van der Waals surface area contributed by atoms with Crippen LogP contribution in [0.1, 0.15) is 37.3 Å². The molecule has 2 aliphatic rings. The standard InChI is InChI=1S/C14H18O2/c1-14(15,9-10-5-6-10)12-4-2-3-11-7-8-16-13(11)12/h2-4,10,15H,5-9H2,1H3. The van der Waals surface area contributed by atoms with Crippen LogP contribution in [0.5, 0.6) is 5.75 Å². The second-order valence-electron chi connectivity index (χ2n) is 5.31. The summed E-state index contributed by atoms with van der Waals surface area (Å²) in [7, 11) is 0. The summed E-state index contributed by atoms with van der Waals surface area (Å²) in [6.07, 6.45) is 4.38. The second-order valence-corrected chi connectivity index (χ2v) is 5.31. The lowest BCUT2D eigenvalue weighted by Crippen LogP contribution is -2.22. The summed E-state index contributed by atoms with van der Waals surface area (Å²) < 4.78 is 5.66. The van der Waals surface area contributed by atoms with Crippen molar-refractivity contribution in [2.75, 3.05) is 6.61 Å². The molecule has 1 atom stereocenters. The third kappa shape index (κ3) is 1.71. The third-order valence-corrected chi connectivity index (χ3v) is 3.68. The molecule has 1 aliphatic heterocycles. The minimum atomic E-state index is -0.725. The van der Waals surface area contributed by atoms with Gasteiger partial charge in [0.1, 0.15) is 5.75 Å². The molecule has 0 bridgehead atoms. The summed E-state index contributed by atoms with van der Waals surface area (Å²) in [4.78, 5) is 0. The van der Waals surface area contributed by atoms with Gasteiger partial charge in [0.05, 0.1) is 12.2 Å². The van der Waals surface area contributed by atoms with Gasteiger partial charge >= 0.3 is 0 Å². The maximum Gasteiger partial charge on any atom is 0.128 e. The fourth-order valence-corrected chi connectivity index (χ4v) is 2.63. The van der Waals surface area contributed by atoms with Crippen molar-refractivity contribution < 1.29 is 9.84 Å². The van der Waals surface area contributed by atoms with Gasteiger partial charge in [0.2, 0.25) is 0 Å². The highest BCUT2D eigenvalue weighted by molar-refractivity contribution is 5.46. The van der Waals surface area contributed by atoms with Crippen LogP contribution >= 0.6 is 0 Å². The summed E-state index contributed by atoms with van der Waals surface area (Å²) in [5.41, 5.74) is 1.50. The van der Waals surface area contributed by atoms with Gasteiger partial charge in [-0.2, -0.15) is 0 Å². The quantitative estimate of drug-likeness (QED) is 0.845. The lowest BCUT2D eigenvalue weighted by atomic mass is 9.88. The smallest absolute Gasteiger partial charge is 0.128 e. The Labute approximate surface area is 96.2 Å². The van der Waals surface area contributed by atoms with Crippen molar-refractivity contribution >= 4 is 0 Å². The molecule has 1 aliphatic carbocycles. The first-order valence-corrected chi connectivity index (χ1v) is 6.14. The van der Waals surface area contributed by atoms with Crippen molar-refractivity contribution in [1.29, 1.82) is 0 Å². The normalized spacial score (nSPS) is 22.4. The summed E-state index contributed by atoms with van der Waals surface area (Å²) >= 11 is 0. The molecule has 1 aromatic rings. The predicted molar refractivity (Wildman–Crippen MR) is 62.6 cm³/mol. The van der Waals surface area contributed by atoms with Gasteiger partial charge in [-0.1, -0.05) is 31.0 Å². The molecule has 0 aromatic heterocycles. The van der Waals surface area contributed by atoms with Gasteiger partial charge in [0.25, 0.3) is 0 Å². The minimum absolute atomic E-state index is 0.715. The molecule has 1 unspecified atom stereocenters. The van der Waals surface area contributed by atoms with E-state index in [0.29, 0.717) is 5.92 Å². The Kier molecular flexibility index (Phi) is 2.21. The Bertz CT molecular complexity index is 405. The molecule has 1 aromatic carbocycles. The summed E-state index contributed by atoms with van der Waals surface area (Å²) in [6, 6.07) is 6.13. The summed E-state index contributed by atoms with van der Waals surface area (Å²) in [6.45, 7) is 2.68. The van der Waals surface area contributed by atoms with Gasteiger partial charge < -0.3 is 9.84 Å². The van der Waals surface area contributed by atoms with E-state index in [1.54, 1.807) is 0 Å². The van der Waals surface area contributed by atoms with E-state index in [-0.39, 0.29) is 0 Å².